The molecule has 0 spiro atoms. The topological polar surface area (TPSA) is 83.8 Å². The molecule has 1 saturated heterocycles. The number of anilines is 1. The van der Waals surface area contributed by atoms with E-state index >= 15 is 0 Å². The Hall–Kier alpha value is -2.74. The quantitative estimate of drug-likeness (QED) is 0.630. The van der Waals surface area contributed by atoms with Crippen LogP contribution in [0.1, 0.15) is 16.1 Å². The van der Waals surface area contributed by atoms with E-state index in [4.69, 9.17) is 0 Å². The second kappa shape index (κ2) is 6.40. The van der Waals surface area contributed by atoms with E-state index in [-0.39, 0.29) is 21.7 Å². The number of hydrogen-bond acceptors (Lipinski definition) is 5. The number of benzene rings is 1. The average Bonchev–Trinajstić information content (AvgIpc) is 3.21. The number of carbonyl (C=O) groups excluding carboxylic acids is 2. The highest BCUT2D eigenvalue weighted by Crippen LogP contribution is 2.28. The number of hydrogen-bond donors (Lipinski definition) is 0. The van der Waals surface area contributed by atoms with Crippen molar-refractivity contribution in [2.45, 2.75) is 12.5 Å². The number of amides is 2. The lowest BCUT2D eigenvalue weighted by molar-refractivity contribution is -0.380. The van der Waals surface area contributed by atoms with Crippen molar-refractivity contribution >= 4 is 33.8 Å². The molecule has 7 nitrogen and oxygen atoms in total. The molecule has 24 heavy (non-hydrogen) atoms. The molecule has 2 amide bonds. The van der Waals surface area contributed by atoms with Gasteiger partial charge in [0.05, 0.1) is 9.80 Å². The van der Waals surface area contributed by atoms with Gasteiger partial charge in [-0.3, -0.25) is 19.7 Å². The molecule has 3 rings (SSSR count). The predicted octanol–water partition coefficient (Wildman–Crippen LogP) is 2.53. The van der Waals surface area contributed by atoms with Crippen molar-refractivity contribution in [2.24, 2.45) is 0 Å². The molecule has 2 heterocycles. The Morgan fingerprint density at radius 1 is 1.29 bits per heavy atom. The number of thiophene rings is 1. The fraction of sp³-hybridized carbons (Fsp3) is 0.250. The summed E-state index contributed by atoms with van der Waals surface area (Å²) >= 11 is 0.819. The van der Waals surface area contributed by atoms with Crippen LogP contribution < -0.4 is 4.90 Å². The maximum atomic E-state index is 12.6. The molecule has 1 aliphatic rings. The number of nitrogens with zero attached hydrogens (tertiary/aromatic N) is 3. The van der Waals surface area contributed by atoms with Crippen LogP contribution in [0.4, 0.5) is 10.7 Å². The molecule has 0 saturated carbocycles. The van der Waals surface area contributed by atoms with Crippen molar-refractivity contribution in [3.8, 4) is 0 Å². The first kappa shape index (κ1) is 16.1. The van der Waals surface area contributed by atoms with E-state index in [1.54, 1.807) is 11.9 Å². The highest BCUT2D eigenvalue weighted by atomic mass is 32.1. The summed E-state index contributed by atoms with van der Waals surface area (Å²) in [6, 6.07) is 11.5. The Balaban J connectivity index is 1.75. The van der Waals surface area contributed by atoms with Gasteiger partial charge in [0.1, 0.15) is 6.04 Å². The highest BCUT2D eigenvalue weighted by molar-refractivity contribution is 7.17. The van der Waals surface area contributed by atoms with Gasteiger partial charge in [0, 0.05) is 25.3 Å². The van der Waals surface area contributed by atoms with Gasteiger partial charge in [0.25, 0.3) is 5.91 Å². The maximum Gasteiger partial charge on any atom is 0.324 e. The number of carbonyl (C=O) groups is 2. The Morgan fingerprint density at radius 3 is 2.62 bits per heavy atom. The van der Waals surface area contributed by atoms with Crippen molar-refractivity contribution in [1.82, 2.24) is 4.90 Å². The molecule has 0 N–H and O–H groups in total. The van der Waals surface area contributed by atoms with Crippen molar-refractivity contribution in [2.75, 3.05) is 18.5 Å². The van der Waals surface area contributed by atoms with E-state index in [1.807, 2.05) is 30.3 Å². The molecule has 0 aliphatic carbocycles. The van der Waals surface area contributed by atoms with Crippen LogP contribution >= 0.6 is 11.3 Å². The maximum absolute atomic E-state index is 12.6. The van der Waals surface area contributed by atoms with Crippen molar-refractivity contribution < 1.29 is 14.5 Å². The first-order chi connectivity index (χ1) is 11.5. The predicted molar refractivity (Wildman–Crippen MR) is 90.3 cm³/mol. The summed E-state index contributed by atoms with van der Waals surface area (Å²) in [4.78, 5) is 38.6. The zero-order valence-corrected chi connectivity index (χ0v) is 13.7. The van der Waals surface area contributed by atoms with E-state index < -0.39 is 11.0 Å². The van der Waals surface area contributed by atoms with Crippen LogP contribution in [-0.2, 0) is 4.79 Å². The van der Waals surface area contributed by atoms with Gasteiger partial charge in [-0.2, -0.15) is 0 Å². The van der Waals surface area contributed by atoms with E-state index in [0.717, 1.165) is 17.0 Å². The third kappa shape index (κ3) is 2.88. The molecule has 1 fully saturated rings. The lowest BCUT2D eigenvalue weighted by atomic mass is 10.2. The fourth-order valence-corrected chi connectivity index (χ4v) is 3.55. The zero-order valence-electron chi connectivity index (χ0n) is 12.9. The number of nitro groups is 1. The van der Waals surface area contributed by atoms with Gasteiger partial charge in [-0.25, -0.2) is 0 Å². The largest absolute Gasteiger partial charge is 0.329 e. The minimum atomic E-state index is -0.557. The van der Waals surface area contributed by atoms with E-state index in [0.29, 0.717) is 13.0 Å². The van der Waals surface area contributed by atoms with Crippen LogP contribution in [0.3, 0.4) is 0 Å². The molecule has 0 bridgehead atoms. The third-order valence-electron chi connectivity index (χ3n) is 4.02. The van der Waals surface area contributed by atoms with Gasteiger partial charge in [-0.05, 0) is 24.6 Å². The highest BCUT2D eigenvalue weighted by Gasteiger charge is 2.37. The first-order valence-corrected chi connectivity index (χ1v) is 8.18. The van der Waals surface area contributed by atoms with Crippen LogP contribution in [0.15, 0.2) is 42.5 Å². The molecule has 1 aromatic heterocycles. The smallest absolute Gasteiger partial charge is 0.324 e. The van der Waals surface area contributed by atoms with E-state index in [1.165, 1.54) is 17.0 Å². The summed E-state index contributed by atoms with van der Waals surface area (Å²) in [7, 11) is 1.56. The van der Waals surface area contributed by atoms with Gasteiger partial charge in [-0.15, -0.1) is 0 Å². The first-order valence-electron chi connectivity index (χ1n) is 7.37. The Bertz CT molecular complexity index is 790. The van der Waals surface area contributed by atoms with Crippen LogP contribution in [0.2, 0.25) is 0 Å². The van der Waals surface area contributed by atoms with Crippen molar-refractivity contribution in [3.05, 3.63) is 57.5 Å². The van der Waals surface area contributed by atoms with Crippen LogP contribution in [-0.4, -0.2) is 41.3 Å². The van der Waals surface area contributed by atoms with Gasteiger partial charge in [0.15, 0.2) is 0 Å². The molecule has 1 aromatic carbocycles. The van der Waals surface area contributed by atoms with Crippen LogP contribution in [0.25, 0.3) is 0 Å². The molecule has 0 unspecified atom stereocenters. The lowest BCUT2D eigenvalue weighted by Crippen LogP contribution is -2.42. The number of rotatable bonds is 4. The van der Waals surface area contributed by atoms with Crippen LogP contribution in [0.5, 0.6) is 0 Å². The molecule has 0 radical (unpaired) electrons. The van der Waals surface area contributed by atoms with Crippen molar-refractivity contribution in [3.63, 3.8) is 0 Å². The number of likely N-dealkylation sites (N-methyl/N-ethyl adjacent to an activating group) is 1. The minimum Gasteiger partial charge on any atom is -0.329 e. The summed E-state index contributed by atoms with van der Waals surface area (Å²) in [5, 5.41) is 10.7. The summed E-state index contributed by atoms with van der Waals surface area (Å²) in [6.45, 7) is 0.537. The van der Waals surface area contributed by atoms with Crippen LogP contribution in [0, 0.1) is 10.1 Å². The third-order valence-corrected chi connectivity index (χ3v) is 5.04. The molecule has 8 heteroatoms. The Morgan fingerprint density at radius 2 is 2.00 bits per heavy atom. The second-order valence-corrected chi connectivity index (χ2v) is 6.50. The Kier molecular flexibility index (Phi) is 4.30. The summed E-state index contributed by atoms with van der Waals surface area (Å²) in [5.74, 6) is -0.510. The summed E-state index contributed by atoms with van der Waals surface area (Å²) in [5.41, 5.74) is 0.803. The van der Waals surface area contributed by atoms with E-state index in [2.05, 4.69) is 0 Å². The molecular formula is C16H15N3O4S. The van der Waals surface area contributed by atoms with Gasteiger partial charge < -0.3 is 9.80 Å². The molecule has 1 aliphatic heterocycles. The van der Waals surface area contributed by atoms with E-state index in [9.17, 15) is 19.7 Å². The normalized spacial score (nSPS) is 17.1. The fourth-order valence-electron chi connectivity index (χ4n) is 2.74. The lowest BCUT2D eigenvalue weighted by Gasteiger charge is -2.23. The second-order valence-electron chi connectivity index (χ2n) is 5.44. The molecular weight excluding hydrogens is 330 g/mol. The van der Waals surface area contributed by atoms with Crippen molar-refractivity contribution in [1.29, 1.82) is 0 Å². The Labute approximate surface area is 142 Å². The van der Waals surface area contributed by atoms with Gasteiger partial charge in [-0.1, -0.05) is 29.5 Å². The molecule has 1 atom stereocenters. The standard InChI is InChI=1S/C16H15N3O4S/c1-17(16(21)13-7-8-14(24-13)19(22)23)12-9-10-18(15(12)20)11-5-3-2-4-6-11/h2-8,12H,9-10H2,1H3/t12-/m1/s1. The summed E-state index contributed by atoms with van der Waals surface area (Å²) in [6.07, 6.45) is 0.531. The molecule has 2 aromatic rings. The average molecular weight is 345 g/mol. The minimum absolute atomic E-state index is 0.0876. The number of para-hydroxylation sites is 1. The van der Waals surface area contributed by atoms with Gasteiger partial charge >= 0.3 is 5.00 Å². The molecule has 124 valence electrons. The summed E-state index contributed by atoms with van der Waals surface area (Å²) < 4.78 is 0. The zero-order chi connectivity index (χ0) is 17.3. The monoisotopic (exact) mass is 345 g/mol. The SMILES string of the molecule is CN(C(=O)c1ccc([N+](=O)[O-])s1)[C@@H]1CCN(c2ccccc2)C1=O. The van der Waals surface area contributed by atoms with Gasteiger partial charge in [0.2, 0.25) is 5.91 Å².